The molecule has 0 bridgehead atoms. The summed E-state index contributed by atoms with van der Waals surface area (Å²) in [5.74, 6) is 0.521. The Morgan fingerprint density at radius 1 is 1.40 bits per heavy atom. The minimum Gasteiger partial charge on any atom is -0.508 e. The molecule has 0 saturated heterocycles. The van der Waals surface area contributed by atoms with Gasteiger partial charge in [0.2, 0.25) is 5.91 Å². The number of likely N-dealkylation sites (N-methyl/N-ethyl adjacent to an activating group) is 1. The summed E-state index contributed by atoms with van der Waals surface area (Å²) in [6.07, 6.45) is 2.89. The third-order valence-corrected chi connectivity index (χ3v) is 4.00. The first-order chi connectivity index (χ1) is 9.54. The summed E-state index contributed by atoms with van der Waals surface area (Å²) in [6.45, 7) is 3.48. The van der Waals surface area contributed by atoms with Gasteiger partial charge < -0.3 is 10.0 Å². The van der Waals surface area contributed by atoms with Gasteiger partial charge >= 0.3 is 0 Å². The highest BCUT2D eigenvalue weighted by atomic mass is 16.3. The predicted molar refractivity (Wildman–Crippen MR) is 79.7 cm³/mol. The van der Waals surface area contributed by atoms with Crippen molar-refractivity contribution in [1.29, 1.82) is 0 Å². The number of fused-ring (bicyclic) bond motifs is 1. The Morgan fingerprint density at radius 2 is 2.15 bits per heavy atom. The molecule has 1 unspecified atom stereocenters. The second-order valence-corrected chi connectivity index (χ2v) is 5.66. The highest BCUT2D eigenvalue weighted by Crippen LogP contribution is 2.39. The molecular weight excluding hydrogens is 252 g/mol. The summed E-state index contributed by atoms with van der Waals surface area (Å²) < 4.78 is 0. The molecule has 1 aromatic carbocycles. The SMILES string of the molecule is CCCN(CC(=O)N(C)C)C1CCc2c(O)cccc21. The Hall–Kier alpha value is -1.55. The van der Waals surface area contributed by atoms with Crippen molar-refractivity contribution in [2.45, 2.75) is 32.2 Å². The first-order valence-corrected chi connectivity index (χ1v) is 7.29. The van der Waals surface area contributed by atoms with Gasteiger partial charge in [0.15, 0.2) is 0 Å². The number of hydrogen-bond acceptors (Lipinski definition) is 3. The van der Waals surface area contributed by atoms with Gasteiger partial charge in [0.05, 0.1) is 6.54 Å². The molecule has 0 fully saturated rings. The molecule has 1 aliphatic rings. The van der Waals surface area contributed by atoms with E-state index in [2.05, 4.69) is 17.9 Å². The van der Waals surface area contributed by atoms with Crippen LogP contribution in [0.1, 0.15) is 36.9 Å². The summed E-state index contributed by atoms with van der Waals surface area (Å²) >= 11 is 0. The van der Waals surface area contributed by atoms with Crippen LogP contribution in [0, 0.1) is 0 Å². The van der Waals surface area contributed by atoms with E-state index >= 15 is 0 Å². The third-order valence-electron chi connectivity index (χ3n) is 4.00. The average Bonchev–Trinajstić information content (AvgIpc) is 2.83. The van der Waals surface area contributed by atoms with Gasteiger partial charge in [-0.3, -0.25) is 9.69 Å². The van der Waals surface area contributed by atoms with E-state index in [1.807, 2.05) is 6.07 Å². The predicted octanol–water partition coefficient (Wildman–Crippen LogP) is 2.18. The quantitative estimate of drug-likeness (QED) is 0.896. The minimum absolute atomic E-state index is 0.132. The first kappa shape index (κ1) is 14.9. The molecule has 0 heterocycles. The number of phenolic OH excluding ortho intramolecular Hbond substituents is 1. The summed E-state index contributed by atoms with van der Waals surface area (Å²) in [6, 6.07) is 5.97. The van der Waals surface area contributed by atoms with Crippen LogP contribution in [-0.2, 0) is 11.2 Å². The van der Waals surface area contributed by atoms with Gasteiger partial charge in [-0.1, -0.05) is 19.1 Å². The van der Waals surface area contributed by atoms with Crippen molar-refractivity contribution >= 4 is 5.91 Å². The van der Waals surface area contributed by atoms with Crippen LogP contribution in [0.3, 0.4) is 0 Å². The summed E-state index contributed by atoms with van der Waals surface area (Å²) in [4.78, 5) is 15.9. The second-order valence-electron chi connectivity index (χ2n) is 5.66. The molecule has 1 atom stereocenters. The standard InChI is InChI=1S/C16H24N2O2/c1-4-10-18(11-16(20)17(2)3)14-9-8-13-12(14)6-5-7-15(13)19/h5-7,14,19H,4,8-11H2,1-3H3. The van der Waals surface area contributed by atoms with Gasteiger partial charge in [0.25, 0.3) is 0 Å². The number of phenols is 1. The number of carbonyl (C=O) groups excluding carboxylic acids is 1. The topological polar surface area (TPSA) is 43.8 Å². The molecule has 0 aliphatic heterocycles. The van der Waals surface area contributed by atoms with E-state index in [0.717, 1.165) is 31.4 Å². The van der Waals surface area contributed by atoms with Crippen LogP contribution in [-0.4, -0.2) is 48.0 Å². The molecule has 20 heavy (non-hydrogen) atoms. The highest BCUT2D eigenvalue weighted by molar-refractivity contribution is 5.77. The number of carbonyl (C=O) groups is 1. The van der Waals surface area contributed by atoms with Crippen LogP contribution in [0.4, 0.5) is 0 Å². The van der Waals surface area contributed by atoms with E-state index in [1.165, 1.54) is 5.56 Å². The van der Waals surface area contributed by atoms with Crippen molar-refractivity contribution in [2.24, 2.45) is 0 Å². The fourth-order valence-electron chi connectivity index (χ4n) is 2.94. The van der Waals surface area contributed by atoms with Gasteiger partial charge in [-0.15, -0.1) is 0 Å². The summed E-state index contributed by atoms with van der Waals surface area (Å²) in [5.41, 5.74) is 2.24. The summed E-state index contributed by atoms with van der Waals surface area (Å²) in [7, 11) is 3.59. The Balaban J connectivity index is 2.20. The highest BCUT2D eigenvalue weighted by Gasteiger charge is 2.30. The second kappa shape index (κ2) is 6.27. The number of benzene rings is 1. The van der Waals surface area contributed by atoms with Crippen LogP contribution in [0.2, 0.25) is 0 Å². The van der Waals surface area contributed by atoms with Gasteiger partial charge in [-0.2, -0.15) is 0 Å². The van der Waals surface area contributed by atoms with Crippen molar-refractivity contribution in [3.63, 3.8) is 0 Å². The van der Waals surface area contributed by atoms with Crippen molar-refractivity contribution < 1.29 is 9.90 Å². The number of amides is 1. The maximum absolute atomic E-state index is 12.0. The molecule has 0 saturated carbocycles. The number of aromatic hydroxyl groups is 1. The molecular formula is C16H24N2O2. The molecule has 1 N–H and O–H groups in total. The van der Waals surface area contributed by atoms with Crippen molar-refractivity contribution in [2.75, 3.05) is 27.2 Å². The maximum Gasteiger partial charge on any atom is 0.236 e. The van der Waals surface area contributed by atoms with Crippen molar-refractivity contribution in [1.82, 2.24) is 9.80 Å². The average molecular weight is 276 g/mol. The molecule has 0 spiro atoms. The largest absolute Gasteiger partial charge is 0.508 e. The van der Waals surface area contributed by atoms with Crippen LogP contribution in [0.25, 0.3) is 0 Å². The molecule has 110 valence electrons. The molecule has 4 heteroatoms. The molecule has 0 radical (unpaired) electrons. The van der Waals surface area contributed by atoms with Gasteiger partial charge in [-0.05, 0) is 43.0 Å². The number of rotatable bonds is 5. The van der Waals surface area contributed by atoms with Crippen molar-refractivity contribution in [3.05, 3.63) is 29.3 Å². The minimum atomic E-state index is 0.132. The van der Waals surface area contributed by atoms with E-state index in [9.17, 15) is 9.90 Å². The monoisotopic (exact) mass is 276 g/mol. The van der Waals surface area contributed by atoms with E-state index in [-0.39, 0.29) is 11.9 Å². The van der Waals surface area contributed by atoms with Gasteiger partial charge in [0, 0.05) is 20.1 Å². The van der Waals surface area contributed by atoms with E-state index in [1.54, 1.807) is 25.1 Å². The zero-order valence-electron chi connectivity index (χ0n) is 12.6. The lowest BCUT2D eigenvalue weighted by Crippen LogP contribution is -2.38. The fraction of sp³-hybridized carbons (Fsp3) is 0.562. The molecule has 2 rings (SSSR count). The van der Waals surface area contributed by atoms with E-state index in [4.69, 9.17) is 0 Å². The van der Waals surface area contributed by atoms with E-state index < -0.39 is 0 Å². The Morgan fingerprint density at radius 3 is 2.80 bits per heavy atom. The van der Waals surface area contributed by atoms with Crippen LogP contribution in [0.5, 0.6) is 5.75 Å². The smallest absolute Gasteiger partial charge is 0.236 e. The van der Waals surface area contributed by atoms with Crippen molar-refractivity contribution in [3.8, 4) is 5.75 Å². The zero-order chi connectivity index (χ0) is 14.7. The zero-order valence-corrected chi connectivity index (χ0v) is 12.6. The lowest BCUT2D eigenvalue weighted by molar-refractivity contribution is -0.130. The molecule has 1 aliphatic carbocycles. The molecule has 1 amide bonds. The van der Waals surface area contributed by atoms with Crippen LogP contribution >= 0.6 is 0 Å². The van der Waals surface area contributed by atoms with Gasteiger partial charge in [0.1, 0.15) is 5.75 Å². The molecule has 4 nitrogen and oxygen atoms in total. The number of hydrogen-bond donors (Lipinski definition) is 1. The van der Waals surface area contributed by atoms with Gasteiger partial charge in [-0.25, -0.2) is 0 Å². The molecule has 1 aromatic rings. The Kier molecular flexibility index (Phi) is 4.65. The lowest BCUT2D eigenvalue weighted by atomic mass is 10.1. The van der Waals surface area contributed by atoms with Crippen LogP contribution in [0.15, 0.2) is 18.2 Å². The third kappa shape index (κ3) is 2.96. The molecule has 0 aromatic heterocycles. The fourth-order valence-corrected chi connectivity index (χ4v) is 2.94. The van der Waals surface area contributed by atoms with Crippen LogP contribution < -0.4 is 0 Å². The van der Waals surface area contributed by atoms with E-state index in [0.29, 0.717) is 12.3 Å². The lowest BCUT2D eigenvalue weighted by Gasteiger charge is -2.29. The normalized spacial score (nSPS) is 17.3. The summed E-state index contributed by atoms with van der Waals surface area (Å²) in [5, 5.41) is 9.94. The first-order valence-electron chi connectivity index (χ1n) is 7.29. The number of nitrogens with zero attached hydrogens (tertiary/aromatic N) is 2. The maximum atomic E-state index is 12.0. The Labute approximate surface area is 121 Å². The Bertz CT molecular complexity index is 485.